The topological polar surface area (TPSA) is 64.1 Å². The van der Waals surface area contributed by atoms with Gasteiger partial charge in [0, 0.05) is 12.5 Å². The molecule has 1 heterocycles. The summed E-state index contributed by atoms with van der Waals surface area (Å²) in [5.41, 5.74) is 0.144. The Morgan fingerprint density at radius 1 is 1.46 bits per heavy atom. The number of aromatic nitrogens is 1. The number of hydrogen-bond donors (Lipinski definition) is 0. The lowest BCUT2D eigenvalue weighted by Gasteiger charge is -2.01. The van der Waals surface area contributed by atoms with Crippen molar-refractivity contribution < 1.29 is 13.2 Å². The van der Waals surface area contributed by atoms with Gasteiger partial charge in [-0.3, -0.25) is 4.79 Å². The number of pyridine rings is 1. The molecule has 0 saturated heterocycles. The van der Waals surface area contributed by atoms with E-state index in [-0.39, 0.29) is 16.4 Å². The Morgan fingerprint density at radius 3 is 2.46 bits per heavy atom. The van der Waals surface area contributed by atoms with Crippen LogP contribution in [-0.4, -0.2) is 25.4 Å². The molecule has 0 aliphatic heterocycles. The van der Waals surface area contributed by atoms with Crippen molar-refractivity contribution in [3.05, 3.63) is 23.9 Å². The third kappa shape index (κ3) is 2.12. The Hall–Kier alpha value is -1.23. The Balaban J connectivity index is 3.46. The minimum Gasteiger partial charge on any atom is -0.294 e. The fraction of sp³-hybridized carbons (Fsp3) is 0.250. The zero-order valence-corrected chi connectivity index (χ0v) is 8.13. The lowest BCUT2D eigenvalue weighted by Crippen LogP contribution is -2.07. The number of nitrogens with zero attached hydrogens (tertiary/aromatic N) is 1. The van der Waals surface area contributed by atoms with E-state index in [1.165, 1.54) is 25.3 Å². The van der Waals surface area contributed by atoms with Gasteiger partial charge in [-0.1, -0.05) is 0 Å². The number of rotatable bonds is 2. The summed E-state index contributed by atoms with van der Waals surface area (Å²) < 4.78 is 22.3. The summed E-state index contributed by atoms with van der Waals surface area (Å²) in [5, 5.41) is -0.150. The third-order valence-corrected chi connectivity index (χ3v) is 2.53. The predicted molar refractivity (Wildman–Crippen MR) is 47.4 cm³/mol. The van der Waals surface area contributed by atoms with Crippen LogP contribution < -0.4 is 0 Å². The van der Waals surface area contributed by atoms with Crippen LogP contribution in [0.4, 0.5) is 0 Å². The predicted octanol–water partition coefficient (Wildman–Crippen LogP) is 0.688. The number of hydrogen-bond acceptors (Lipinski definition) is 4. The van der Waals surface area contributed by atoms with E-state index < -0.39 is 9.84 Å². The number of ketones is 1. The molecule has 4 nitrogen and oxygen atoms in total. The summed E-state index contributed by atoms with van der Waals surface area (Å²) in [5.74, 6) is -0.298. The van der Waals surface area contributed by atoms with Crippen LogP contribution in [0.2, 0.25) is 0 Å². The smallest absolute Gasteiger partial charge is 0.193 e. The quantitative estimate of drug-likeness (QED) is 0.657. The van der Waals surface area contributed by atoms with Crippen LogP contribution in [0.15, 0.2) is 23.4 Å². The van der Waals surface area contributed by atoms with Crippen LogP contribution in [0.1, 0.15) is 17.3 Å². The maximum atomic E-state index is 11.1. The first-order valence-corrected chi connectivity index (χ1v) is 5.48. The van der Waals surface area contributed by atoms with Gasteiger partial charge in [0.2, 0.25) is 0 Å². The van der Waals surface area contributed by atoms with E-state index in [1.807, 2.05) is 0 Å². The maximum absolute atomic E-state index is 11.1. The fourth-order valence-corrected chi connectivity index (χ4v) is 1.82. The SMILES string of the molecule is CC(=O)c1cccnc1S(C)(=O)=O. The molecule has 0 unspecified atom stereocenters. The molecule has 5 heteroatoms. The molecule has 0 amide bonds. The largest absolute Gasteiger partial charge is 0.294 e. The molecule has 70 valence electrons. The molecule has 0 atom stereocenters. The summed E-state index contributed by atoms with van der Waals surface area (Å²) in [4.78, 5) is 14.7. The molecule has 0 aliphatic rings. The van der Waals surface area contributed by atoms with E-state index in [1.54, 1.807) is 0 Å². The van der Waals surface area contributed by atoms with Gasteiger partial charge < -0.3 is 0 Å². The monoisotopic (exact) mass is 199 g/mol. The summed E-state index contributed by atoms with van der Waals surface area (Å²) in [7, 11) is -3.41. The molecule has 0 radical (unpaired) electrons. The van der Waals surface area contributed by atoms with Crippen molar-refractivity contribution in [2.24, 2.45) is 0 Å². The van der Waals surface area contributed by atoms with Crippen molar-refractivity contribution in [1.29, 1.82) is 0 Å². The lowest BCUT2D eigenvalue weighted by molar-refractivity contribution is 0.101. The highest BCUT2D eigenvalue weighted by Gasteiger charge is 2.16. The lowest BCUT2D eigenvalue weighted by atomic mass is 10.2. The number of sulfone groups is 1. The van der Waals surface area contributed by atoms with Crippen molar-refractivity contribution in [1.82, 2.24) is 4.98 Å². The molecule has 0 fully saturated rings. The van der Waals surface area contributed by atoms with E-state index >= 15 is 0 Å². The number of carbonyl (C=O) groups excluding carboxylic acids is 1. The molecular formula is C8H9NO3S. The molecule has 1 rings (SSSR count). The first-order valence-electron chi connectivity index (χ1n) is 3.59. The highest BCUT2D eigenvalue weighted by molar-refractivity contribution is 7.90. The van der Waals surface area contributed by atoms with E-state index in [0.29, 0.717) is 0 Å². The number of Topliss-reactive ketones (excluding diaryl/α,β-unsaturated/α-hetero) is 1. The molecule has 0 N–H and O–H groups in total. The minimum atomic E-state index is -3.41. The normalized spacial score (nSPS) is 11.2. The Bertz CT molecular complexity index is 436. The van der Waals surface area contributed by atoms with E-state index in [0.717, 1.165) is 6.26 Å². The van der Waals surface area contributed by atoms with Gasteiger partial charge in [-0.15, -0.1) is 0 Å². The molecule has 1 aromatic rings. The standard InChI is InChI=1S/C8H9NO3S/c1-6(10)7-4-3-5-9-8(7)13(2,11)12/h3-5H,1-2H3. The van der Waals surface area contributed by atoms with Crippen LogP contribution in [0.3, 0.4) is 0 Å². The Labute approximate surface area is 76.5 Å². The summed E-state index contributed by atoms with van der Waals surface area (Å²) >= 11 is 0. The summed E-state index contributed by atoms with van der Waals surface area (Å²) in [6.07, 6.45) is 2.38. The first-order chi connectivity index (χ1) is 5.93. The second-order valence-corrected chi connectivity index (χ2v) is 4.62. The van der Waals surface area contributed by atoms with Gasteiger partial charge in [-0.05, 0) is 19.1 Å². The van der Waals surface area contributed by atoms with Gasteiger partial charge in [0.05, 0.1) is 5.56 Å². The van der Waals surface area contributed by atoms with Gasteiger partial charge in [-0.25, -0.2) is 13.4 Å². The summed E-state index contributed by atoms with van der Waals surface area (Å²) in [6, 6.07) is 2.98. The summed E-state index contributed by atoms with van der Waals surface area (Å²) in [6.45, 7) is 1.31. The second-order valence-electron chi connectivity index (χ2n) is 2.68. The molecule has 13 heavy (non-hydrogen) atoms. The second kappa shape index (κ2) is 3.26. The highest BCUT2D eigenvalue weighted by Crippen LogP contribution is 2.11. The minimum absolute atomic E-state index is 0.144. The van der Waals surface area contributed by atoms with Gasteiger partial charge in [-0.2, -0.15) is 0 Å². The van der Waals surface area contributed by atoms with Crippen LogP contribution in [0, 0.1) is 0 Å². The molecule has 0 aliphatic carbocycles. The van der Waals surface area contributed by atoms with Crippen LogP contribution >= 0.6 is 0 Å². The molecular weight excluding hydrogens is 190 g/mol. The van der Waals surface area contributed by atoms with Crippen LogP contribution in [0.25, 0.3) is 0 Å². The van der Waals surface area contributed by atoms with E-state index in [4.69, 9.17) is 0 Å². The van der Waals surface area contributed by atoms with E-state index in [2.05, 4.69) is 4.98 Å². The molecule has 1 aromatic heterocycles. The fourth-order valence-electron chi connectivity index (χ4n) is 0.954. The Morgan fingerprint density at radius 2 is 2.08 bits per heavy atom. The first kappa shape index (κ1) is 9.85. The molecule has 0 saturated carbocycles. The van der Waals surface area contributed by atoms with Crippen LogP contribution in [0.5, 0.6) is 0 Å². The van der Waals surface area contributed by atoms with Gasteiger partial charge in [0.1, 0.15) is 0 Å². The molecule has 0 bridgehead atoms. The van der Waals surface area contributed by atoms with Gasteiger partial charge in [0.15, 0.2) is 20.6 Å². The van der Waals surface area contributed by atoms with Crippen molar-refractivity contribution in [2.45, 2.75) is 11.9 Å². The van der Waals surface area contributed by atoms with Crippen molar-refractivity contribution in [3.8, 4) is 0 Å². The zero-order chi connectivity index (χ0) is 10.1. The van der Waals surface area contributed by atoms with E-state index in [9.17, 15) is 13.2 Å². The van der Waals surface area contributed by atoms with Crippen molar-refractivity contribution >= 4 is 15.6 Å². The van der Waals surface area contributed by atoms with Crippen molar-refractivity contribution in [3.63, 3.8) is 0 Å². The highest BCUT2D eigenvalue weighted by atomic mass is 32.2. The molecule has 0 aromatic carbocycles. The van der Waals surface area contributed by atoms with Gasteiger partial charge in [0.25, 0.3) is 0 Å². The third-order valence-electron chi connectivity index (χ3n) is 1.50. The maximum Gasteiger partial charge on any atom is 0.193 e. The number of carbonyl (C=O) groups is 1. The Kier molecular flexibility index (Phi) is 2.47. The van der Waals surface area contributed by atoms with Gasteiger partial charge >= 0.3 is 0 Å². The van der Waals surface area contributed by atoms with Crippen molar-refractivity contribution in [2.75, 3.05) is 6.26 Å². The molecule has 0 spiro atoms. The average molecular weight is 199 g/mol. The average Bonchev–Trinajstić information content (AvgIpc) is 2.03. The van der Waals surface area contributed by atoms with Crippen LogP contribution in [-0.2, 0) is 9.84 Å². The zero-order valence-electron chi connectivity index (χ0n) is 7.31.